The molecule has 2 atom stereocenters. The zero-order valence-corrected chi connectivity index (χ0v) is 9.39. The van der Waals surface area contributed by atoms with Crippen LogP contribution in [0, 0.1) is 5.92 Å². The highest BCUT2D eigenvalue weighted by atomic mass is 16.5. The summed E-state index contributed by atoms with van der Waals surface area (Å²) in [6.45, 7) is 5.91. The molecular weight excluding hydrogens is 190 g/mol. The second kappa shape index (κ2) is 4.33. The molecule has 4 heteroatoms. The van der Waals surface area contributed by atoms with Crippen molar-refractivity contribution in [1.29, 1.82) is 0 Å². The van der Waals surface area contributed by atoms with Gasteiger partial charge in [-0.15, -0.1) is 0 Å². The summed E-state index contributed by atoms with van der Waals surface area (Å²) < 4.78 is 7.51. The second-order valence-electron chi connectivity index (χ2n) is 4.47. The van der Waals surface area contributed by atoms with Gasteiger partial charge in [0.2, 0.25) is 0 Å². The lowest BCUT2D eigenvalue weighted by Gasteiger charge is -2.21. The molecule has 0 radical (unpaired) electrons. The Morgan fingerprint density at radius 1 is 1.60 bits per heavy atom. The third kappa shape index (κ3) is 2.06. The average molecular weight is 209 g/mol. The molecule has 2 heterocycles. The van der Waals surface area contributed by atoms with Crippen molar-refractivity contribution < 1.29 is 4.74 Å². The molecule has 2 unspecified atom stereocenters. The van der Waals surface area contributed by atoms with Crippen LogP contribution < -0.4 is 5.73 Å². The molecule has 0 amide bonds. The van der Waals surface area contributed by atoms with Crippen LogP contribution in [0.15, 0.2) is 12.5 Å². The zero-order chi connectivity index (χ0) is 10.8. The topological polar surface area (TPSA) is 53.1 Å². The second-order valence-corrected chi connectivity index (χ2v) is 4.47. The van der Waals surface area contributed by atoms with E-state index in [0.29, 0.717) is 12.0 Å². The van der Waals surface area contributed by atoms with Crippen molar-refractivity contribution in [2.75, 3.05) is 13.2 Å². The van der Waals surface area contributed by atoms with E-state index < -0.39 is 0 Å². The summed E-state index contributed by atoms with van der Waals surface area (Å²) in [6, 6.07) is 0.466. The van der Waals surface area contributed by atoms with Crippen molar-refractivity contribution in [3.05, 3.63) is 18.2 Å². The van der Waals surface area contributed by atoms with Crippen molar-refractivity contribution >= 4 is 0 Å². The van der Waals surface area contributed by atoms with Gasteiger partial charge in [-0.05, 0) is 20.3 Å². The summed E-state index contributed by atoms with van der Waals surface area (Å²) in [5, 5.41) is 0. The molecule has 1 aromatic heterocycles. The van der Waals surface area contributed by atoms with Crippen molar-refractivity contribution in [3.63, 3.8) is 0 Å². The molecule has 2 N–H and O–H groups in total. The molecule has 0 spiro atoms. The Labute approximate surface area is 90.4 Å². The minimum Gasteiger partial charge on any atom is -0.381 e. The van der Waals surface area contributed by atoms with E-state index in [2.05, 4.69) is 23.4 Å². The molecule has 0 aliphatic carbocycles. The van der Waals surface area contributed by atoms with Gasteiger partial charge in [0.25, 0.3) is 0 Å². The van der Waals surface area contributed by atoms with E-state index >= 15 is 0 Å². The zero-order valence-electron chi connectivity index (χ0n) is 9.39. The average Bonchev–Trinajstić information content (AvgIpc) is 2.88. The van der Waals surface area contributed by atoms with Gasteiger partial charge in [0.15, 0.2) is 0 Å². The highest BCUT2D eigenvalue weighted by Crippen LogP contribution is 2.27. The maximum Gasteiger partial charge on any atom is 0.0951 e. The highest BCUT2D eigenvalue weighted by Gasteiger charge is 2.26. The van der Waals surface area contributed by atoms with E-state index in [4.69, 9.17) is 10.5 Å². The number of ether oxygens (including phenoxy) is 1. The van der Waals surface area contributed by atoms with Gasteiger partial charge in [-0.3, -0.25) is 0 Å². The Hall–Kier alpha value is -0.870. The summed E-state index contributed by atoms with van der Waals surface area (Å²) in [6.07, 6.45) is 4.79. The van der Waals surface area contributed by atoms with Gasteiger partial charge in [-0.2, -0.15) is 0 Å². The summed E-state index contributed by atoms with van der Waals surface area (Å²) in [5.41, 5.74) is 7.37. The molecule has 0 bridgehead atoms. The predicted molar refractivity (Wildman–Crippen MR) is 58.5 cm³/mol. The Kier molecular flexibility index (Phi) is 3.07. The molecule has 1 aliphatic rings. The summed E-state index contributed by atoms with van der Waals surface area (Å²) in [7, 11) is 0. The van der Waals surface area contributed by atoms with E-state index in [-0.39, 0.29) is 6.04 Å². The Morgan fingerprint density at radius 2 is 2.40 bits per heavy atom. The molecule has 1 fully saturated rings. The van der Waals surface area contributed by atoms with Crippen molar-refractivity contribution in [3.8, 4) is 0 Å². The number of hydrogen-bond acceptors (Lipinski definition) is 3. The molecule has 1 aromatic rings. The molecule has 1 saturated heterocycles. The standard InChI is InChI=1S/C11H19N3O/c1-8(2)14-7-13-5-10(14)11(12)9-3-4-15-6-9/h5,7-9,11H,3-4,6,12H2,1-2H3. The molecule has 2 rings (SSSR count). The van der Waals surface area contributed by atoms with E-state index in [0.717, 1.165) is 25.3 Å². The quantitative estimate of drug-likeness (QED) is 0.820. The smallest absolute Gasteiger partial charge is 0.0951 e. The molecule has 15 heavy (non-hydrogen) atoms. The summed E-state index contributed by atoms with van der Waals surface area (Å²) >= 11 is 0. The van der Waals surface area contributed by atoms with Gasteiger partial charge in [0.1, 0.15) is 0 Å². The molecule has 0 aromatic carbocycles. The summed E-state index contributed by atoms with van der Waals surface area (Å²) in [4.78, 5) is 4.18. The largest absolute Gasteiger partial charge is 0.381 e. The normalized spacial score (nSPS) is 23.6. The van der Waals surface area contributed by atoms with Crippen molar-refractivity contribution in [1.82, 2.24) is 9.55 Å². The fourth-order valence-electron chi connectivity index (χ4n) is 2.08. The number of nitrogens with zero attached hydrogens (tertiary/aromatic N) is 2. The van der Waals surface area contributed by atoms with Crippen LogP contribution in [0.2, 0.25) is 0 Å². The fourth-order valence-corrected chi connectivity index (χ4v) is 2.08. The van der Waals surface area contributed by atoms with E-state index in [1.54, 1.807) is 0 Å². The van der Waals surface area contributed by atoms with Crippen LogP contribution in [-0.4, -0.2) is 22.8 Å². The number of imidazole rings is 1. The van der Waals surface area contributed by atoms with Crippen molar-refractivity contribution in [2.24, 2.45) is 11.7 Å². The fraction of sp³-hybridized carbons (Fsp3) is 0.727. The van der Waals surface area contributed by atoms with Gasteiger partial charge >= 0.3 is 0 Å². The Morgan fingerprint density at radius 3 is 3.00 bits per heavy atom. The van der Waals surface area contributed by atoms with Gasteiger partial charge in [0.05, 0.1) is 24.7 Å². The highest BCUT2D eigenvalue weighted by molar-refractivity contribution is 5.07. The number of nitrogens with two attached hydrogens (primary N) is 1. The molecule has 84 valence electrons. The molecule has 0 saturated carbocycles. The number of aromatic nitrogens is 2. The van der Waals surface area contributed by atoms with Gasteiger partial charge in [0, 0.05) is 24.8 Å². The predicted octanol–water partition coefficient (Wildman–Crippen LogP) is 1.50. The lowest BCUT2D eigenvalue weighted by Crippen LogP contribution is -2.24. The minimum absolute atomic E-state index is 0.0531. The lowest BCUT2D eigenvalue weighted by atomic mass is 9.97. The first kappa shape index (κ1) is 10.6. The van der Waals surface area contributed by atoms with Crippen LogP contribution in [0.1, 0.15) is 38.0 Å². The molecule has 4 nitrogen and oxygen atoms in total. The van der Waals surface area contributed by atoms with Crippen molar-refractivity contribution in [2.45, 2.75) is 32.4 Å². The molecule has 1 aliphatic heterocycles. The Bertz CT molecular complexity index is 315. The first-order valence-corrected chi connectivity index (χ1v) is 5.55. The first-order valence-electron chi connectivity index (χ1n) is 5.55. The molecular formula is C11H19N3O. The van der Waals surface area contributed by atoms with Gasteiger partial charge < -0.3 is 15.0 Å². The first-order chi connectivity index (χ1) is 7.20. The van der Waals surface area contributed by atoms with E-state index in [9.17, 15) is 0 Å². The maximum atomic E-state index is 6.24. The van der Waals surface area contributed by atoms with E-state index in [1.165, 1.54) is 0 Å². The third-order valence-corrected chi connectivity index (χ3v) is 3.07. The van der Waals surface area contributed by atoms with Crippen LogP contribution in [0.3, 0.4) is 0 Å². The monoisotopic (exact) mass is 209 g/mol. The van der Waals surface area contributed by atoms with E-state index in [1.807, 2.05) is 12.5 Å². The number of hydrogen-bond donors (Lipinski definition) is 1. The van der Waals surface area contributed by atoms with Crippen LogP contribution in [0.4, 0.5) is 0 Å². The lowest BCUT2D eigenvalue weighted by molar-refractivity contribution is 0.180. The minimum atomic E-state index is 0.0531. The SMILES string of the molecule is CC(C)n1cncc1C(N)C1CCOC1. The van der Waals surface area contributed by atoms with Crippen LogP contribution in [0.25, 0.3) is 0 Å². The summed E-state index contributed by atoms with van der Waals surface area (Å²) in [5.74, 6) is 0.444. The van der Waals surface area contributed by atoms with Crippen LogP contribution >= 0.6 is 0 Å². The van der Waals surface area contributed by atoms with Gasteiger partial charge in [-0.1, -0.05) is 0 Å². The maximum absolute atomic E-state index is 6.24. The van der Waals surface area contributed by atoms with Crippen LogP contribution in [-0.2, 0) is 4.74 Å². The third-order valence-electron chi connectivity index (χ3n) is 3.07. The van der Waals surface area contributed by atoms with Gasteiger partial charge in [-0.25, -0.2) is 4.98 Å². The van der Waals surface area contributed by atoms with Crippen LogP contribution in [0.5, 0.6) is 0 Å². The number of rotatable bonds is 3. The Balaban J connectivity index is 2.16.